The van der Waals surface area contributed by atoms with E-state index in [0.29, 0.717) is 0 Å². The Morgan fingerprint density at radius 1 is 1.00 bits per heavy atom. The van der Waals surface area contributed by atoms with Gasteiger partial charge in [0.15, 0.2) is 0 Å². The largest absolute Gasteiger partial charge is 0.369 e. The van der Waals surface area contributed by atoms with E-state index in [4.69, 9.17) is 11.5 Å². The van der Waals surface area contributed by atoms with E-state index in [1.165, 1.54) is 11.1 Å². The SMILES string of the molecule is CC(c1ccc(Cc2ccccc2)cc1)C(CN)C(N)=O. The molecule has 21 heavy (non-hydrogen) atoms. The Bertz CT molecular complexity index is 578. The van der Waals surface area contributed by atoms with Gasteiger partial charge in [-0.25, -0.2) is 0 Å². The van der Waals surface area contributed by atoms with Crippen molar-refractivity contribution in [3.8, 4) is 0 Å². The highest BCUT2D eigenvalue weighted by molar-refractivity contribution is 5.78. The molecule has 0 aromatic heterocycles. The Labute approximate surface area is 126 Å². The molecule has 2 rings (SSSR count). The quantitative estimate of drug-likeness (QED) is 0.854. The second-order valence-corrected chi connectivity index (χ2v) is 5.44. The fourth-order valence-electron chi connectivity index (χ4n) is 2.57. The van der Waals surface area contributed by atoms with Crippen molar-refractivity contribution >= 4 is 5.91 Å². The van der Waals surface area contributed by atoms with Crippen LogP contribution in [0.15, 0.2) is 54.6 Å². The van der Waals surface area contributed by atoms with Crippen LogP contribution in [0.4, 0.5) is 0 Å². The molecule has 2 aromatic rings. The molecule has 3 nitrogen and oxygen atoms in total. The van der Waals surface area contributed by atoms with Gasteiger partial charge in [0.25, 0.3) is 0 Å². The Kier molecular flexibility index (Phi) is 5.12. The maximum atomic E-state index is 11.4. The number of carbonyl (C=O) groups excluding carboxylic acids is 1. The number of carbonyl (C=O) groups is 1. The lowest BCUT2D eigenvalue weighted by Gasteiger charge is -2.20. The van der Waals surface area contributed by atoms with Crippen molar-refractivity contribution in [2.75, 3.05) is 6.54 Å². The van der Waals surface area contributed by atoms with Crippen LogP contribution in [0.2, 0.25) is 0 Å². The van der Waals surface area contributed by atoms with Gasteiger partial charge in [-0.15, -0.1) is 0 Å². The smallest absolute Gasteiger partial charge is 0.222 e. The van der Waals surface area contributed by atoms with Crippen LogP contribution < -0.4 is 11.5 Å². The van der Waals surface area contributed by atoms with E-state index in [-0.39, 0.29) is 24.3 Å². The molecular formula is C18H22N2O. The molecule has 2 atom stereocenters. The van der Waals surface area contributed by atoms with Crippen LogP contribution in [-0.2, 0) is 11.2 Å². The molecule has 2 unspecified atom stereocenters. The molecule has 4 N–H and O–H groups in total. The first kappa shape index (κ1) is 15.3. The van der Waals surface area contributed by atoms with Crippen LogP contribution in [-0.4, -0.2) is 12.5 Å². The highest BCUT2D eigenvalue weighted by Crippen LogP contribution is 2.24. The number of nitrogens with two attached hydrogens (primary N) is 2. The average molecular weight is 282 g/mol. The average Bonchev–Trinajstić information content (AvgIpc) is 2.49. The van der Waals surface area contributed by atoms with Crippen LogP contribution in [0, 0.1) is 5.92 Å². The third kappa shape index (κ3) is 3.92. The minimum absolute atomic E-state index is 0.0401. The standard InChI is InChI=1S/C18H22N2O/c1-13(17(12-19)18(20)21)16-9-7-15(8-10-16)11-14-5-3-2-4-6-14/h2-10,13,17H,11-12,19H2,1H3,(H2,20,21). The fourth-order valence-corrected chi connectivity index (χ4v) is 2.57. The van der Waals surface area contributed by atoms with Crippen LogP contribution in [0.25, 0.3) is 0 Å². The van der Waals surface area contributed by atoms with Gasteiger partial charge in [-0.2, -0.15) is 0 Å². The molecule has 3 heteroatoms. The van der Waals surface area contributed by atoms with Crippen molar-refractivity contribution in [3.05, 3.63) is 71.3 Å². The first-order valence-electron chi connectivity index (χ1n) is 7.24. The van der Waals surface area contributed by atoms with E-state index in [1.807, 2.05) is 25.1 Å². The molecule has 0 radical (unpaired) electrons. The van der Waals surface area contributed by atoms with Gasteiger partial charge in [-0.1, -0.05) is 61.5 Å². The minimum Gasteiger partial charge on any atom is -0.369 e. The number of amides is 1. The number of hydrogen-bond acceptors (Lipinski definition) is 2. The number of benzene rings is 2. The van der Waals surface area contributed by atoms with Crippen molar-refractivity contribution in [3.63, 3.8) is 0 Å². The minimum atomic E-state index is -0.335. The van der Waals surface area contributed by atoms with Crippen LogP contribution in [0.5, 0.6) is 0 Å². The highest BCUT2D eigenvalue weighted by atomic mass is 16.1. The summed E-state index contributed by atoms with van der Waals surface area (Å²) in [5.41, 5.74) is 14.7. The molecule has 0 heterocycles. The van der Waals surface area contributed by atoms with Gasteiger partial charge in [-0.05, 0) is 29.0 Å². The summed E-state index contributed by atoms with van der Waals surface area (Å²) in [6, 6.07) is 18.7. The van der Waals surface area contributed by atoms with Gasteiger partial charge in [-0.3, -0.25) is 4.79 Å². The monoisotopic (exact) mass is 282 g/mol. The molecule has 110 valence electrons. The maximum absolute atomic E-state index is 11.4. The lowest BCUT2D eigenvalue weighted by Crippen LogP contribution is -2.33. The van der Waals surface area contributed by atoms with E-state index < -0.39 is 0 Å². The molecule has 0 spiro atoms. The van der Waals surface area contributed by atoms with Gasteiger partial charge in [0.2, 0.25) is 5.91 Å². The van der Waals surface area contributed by atoms with E-state index >= 15 is 0 Å². The van der Waals surface area contributed by atoms with Gasteiger partial charge in [0.05, 0.1) is 5.92 Å². The molecule has 2 aromatic carbocycles. The highest BCUT2D eigenvalue weighted by Gasteiger charge is 2.22. The summed E-state index contributed by atoms with van der Waals surface area (Å²) in [6.07, 6.45) is 0.908. The molecule has 0 saturated carbocycles. The van der Waals surface area contributed by atoms with Crippen LogP contribution >= 0.6 is 0 Å². The van der Waals surface area contributed by atoms with Gasteiger partial charge in [0, 0.05) is 6.54 Å². The lowest BCUT2D eigenvalue weighted by atomic mass is 9.86. The predicted molar refractivity (Wildman–Crippen MR) is 85.8 cm³/mol. The third-order valence-electron chi connectivity index (χ3n) is 3.98. The van der Waals surface area contributed by atoms with Crippen LogP contribution in [0.1, 0.15) is 29.5 Å². The van der Waals surface area contributed by atoms with Crippen molar-refractivity contribution < 1.29 is 4.79 Å². The molecule has 0 aliphatic heterocycles. The first-order valence-corrected chi connectivity index (χ1v) is 7.24. The number of hydrogen-bond donors (Lipinski definition) is 2. The molecule has 0 saturated heterocycles. The molecule has 0 aliphatic rings. The Morgan fingerprint density at radius 3 is 2.10 bits per heavy atom. The Balaban J connectivity index is 2.10. The third-order valence-corrected chi connectivity index (χ3v) is 3.98. The summed E-state index contributed by atoms with van der Waals surface area (Å²) in [7, 11) is 0. The van der Waals surface area contributed by atoms with E-state index in [2.05, 4.69) is 36.4 Å². The summed E-state index contributed by atoms with van der Waals surface area (Å²) >= 11 is 0. The van der Waals surface area contributed by atoms with E-state index in [1.54, 1.807) is 0 Å². The topological polar surface area (TPSA) is 69.1 Å². The van der Waals surface area contributed by atoms with Crippen molar-refractivity contribution in [1.82, 2.24) is 0 Å². The first-order chi connectivity index (χ1) is 10.1. The van der Waals surface area contributed by atoms with E-state index in [9.17, 15) is 4.79 Å². The summed E-state index contributed by atoms with van der Waals surface area (Å²) in [6.45, 7) is 2.27. The maximum Gasteiger partial charge on any atom is 0.222 e. The zero-order valence-electron chi connectivity index (χ0n) is 12.3. The second-order valence-electron chi connectivity index (χ2n) is 5.44. The Morgan fingerprint density at radius 2 is 1.57 bits per heavy atom. The predicted octanol–water partition coefficient (Wildman–Crippen LogP) is 2.44. The normalized spacial score (nSPS) is 13.6. The molecule has 1 amide bonds. The summed E-state index contributed by atoms with van der Waals surface area (Å²) in [5, 5.41) is 0. The number of rotatable bonds is 6. The molecule has 0 bridgehead atoms. The fraction of sp³-hybridized carbons (Fsp3) is 0.278. The zero-order chi connectivity index (χ0) is 15.2. The second kappa shape index (κ2) is 7.04. The molecule has 0 aliphatic carbocycles. The van der Waals surface area contributed by atoms with Gasteiger partial charge in [0.1, 0.15) is 0 Å². The summed E-state index contributed by atoms with van der Waals surface area (Å²) in [4.78, 5) is 11.4. The van der Waals surface area contributed by atoms with Gasteiger partial charge < -0.3 is 11.5 Å². The summed E-state index contributed by atoms with van der Waals surface area (Å²) < 4.78 is 0. The van der Waals surface area contributed by atoms with Crippen molar-refractivity contribution in [1.29, 1.82) is 0 Å². The molecular weight excluding hydrogens is 260 g/mol. The lowest BCUT2D eigenvalue weighted by molar-refractivity contribution is -0.122. The summed E-state index contributed by atoms with van der Waals surface area (Å²) in [5.74, 6) is -0.610. The number of primary amides is 1. The van der Waals surface area contributed by atoms with Crippen LogP contribution in [0.3, 0.4) is 0 Å². The van der Waals surface area contributed by atoms with Crippen molar-refractivity contribution in [2.45, 2.75) is 19.3 Å². The van der Waals surface area contributed by atoms with Crippen molar-refractivity contribution in [2.24, 2.45) is 17.4 Å². The Hall–Kier alpha value is -2.13. The zero-order valence-corrected chi connectivity index (χ0v) is 12.3. The van der Waals surface area contributed by atoms with Gasteiger partial charge >= 0.3 is 0 Å². The molecule has 0 fully saturated rings. The van der Waals surface area contributed by atoms with E-state index in [0.717, 1.165) is 12.0 Å².